The van der Waals surface area contributed by atoms with Gasteiger partial charge in [-0.15, -0.1) is 23.1 Å². The van der Waals surface area contributed by atoms with Gasteiger partial charge in [-0.2, -0.15) is 0 Å². The number of thiophene rings is 1. The van der Waals surface area contributed by atoms with Crippen LogP contribution in [-0.2, 0) is 22.4 Å². The molecule has 2 N–H and O–H groups in total. The number of benzene rings is 1. The fourth-order valence-corrected chi connectivity index (χ4v) is 5.05. The minimum absolute atomic E-state index is 0.184. The molecular formula is C20H22N2O4S2. The number of amides is 3. The van der Waals surface area contributed by atoms with E-state index in [0.29, 0.717) is 10.6 Å². The van der Waals surface area contributed by atoms with Crippen molar-refractivity contribution >= 4 is 46.0 Å². The Kier molecular flexibility index (Phi) is 6.74. The molecule has 1 heterocycles. The Morgan fingerprint density at radius 3 is 2.57 bits per heavy atom. The molecule has 3 rings (SSSR count). The van der Waals surface area contributed by atoms with Crippen LogP contribution in [-0.4, -0.2) is 30.8 Å². The van der Waals surface area contributed by atoms with Crippen LogP contribution in [0.4, 0.5) is 9.80 Å². The van der Waals surface area contributed by atoms with Crippen molar-refractivity contribution in [3.05, 3.63) is 45.8 Å². The Bertz CT molecular complexity index is 890. The Balaban J connectivity index is 1.73. The zero-order chi connectivity index (χ0) is 20.1. The van der Waals surface area contributed by atoms with E-state index >= 15 is 0 Å². The lowest BCUT2D eigenvalue weighted by molar-refractivity contribution is -0.113. The Labute approximate surface area is 172 Å². The van der Waals surface area contributed by atoms with Crippen LogP contribution in [0.25, 0.3) is 0 Å². The summed E-state index contributed by atoms with van der Waals surface area (Å²) in [4.78, 5) is 38.6. The molecule has 148 valence electrons. The summed E-state index contributed by atoms with van der Waals surface area (Å²) in [5.74, 6) is -0.479. The summed E-state index contributed by atoms with van der Waals surface area (Å²) >= 11 is 2.86. The van der Waals surface area contributed by atoms with Gasteiger partial charge in [0, 0.05) is 9.77 Å². The third-order valence-corrected chi connectivity index (χ3v) is 6.66. The van der Waals surface area contributed by atoms with Crippen LogP contribution in [0.2, 0.25) is 0 Å². The van der Waals surface area contributed by atoms with Crippen LogP contribution in [0.5, 0.6) is 0 Å². The number of nitrogens with one attached hydrogen (secondary N) is 2. The summed E-state index contributed by atoms with van der Waals surface area (Å²) in [6.07, 6.45) is 2.88. The number of thioether (sulfide) groups is 1. The van der Waals surface area contributed by atoms with Crippen LogP contribution in [0.1, 0.15) is 39.2 Å². The lowest BCUT2D eigenvalue weighted by Crippen LogP contribution is -2.31. The van der Waals surface area contributed by atoms with Crippen LogP contribution in [0.15, 0.2) is 29.2 Å². The lowest BCUT2D eigenvalue weighted by atomic mass is 9.95. The van der Waals surface area contributed by atoms with E-state index in [0.717, 1.165) is 41.0 Å². The largest absolute Gasteiger partial charge is 0.453 e. The number of anilines is 1. The third-order valence-electron chi connectivity index (χ3n) is 4.44. The molecule has 0 saturated carbocycles. The lowest BCUT2D eigenvalue weighted by Gasteiger charge is -2.12. The molecular weight excluding hydrogens is 396 g/mol. The number of carbonyl (C=O) groups is 3. The number of fused-ring (bicyclic) bond motifs is 1. The Morgan fingerprint density at radius 2 is 1.86 bits per heavy atom. The van der Waals surface area contributed by atoms with Crippen LogP contribution >= 0.6 is 23.1 Å². The summed E-state index contributed by atoms with van der Waals surface area (Å²) in [7, 11) is 1.21. The third kappa shape index (κ3) is 4.94. The molecule has 0 atom stereocenters. The summed E-state index contributed by atoms with van der Waals surface area (Å²) in [5.41, 5.74) is 2.48. The predicted molar refractivity (Wildman–Crippen MR) is 111 cm³/mol. The van der Waals surface area contributed by atoms with E-state index in [9.17, 15) is 14.4 Å². The SMILES string of the molecule is COC(=O)NC(=O)c1c(NC(=O)CSc2ccc(C)cc2)sc2c1CCCC2. The van der Waals surface area contributed by atoms with E-state index in [1.54, 1.807) is 0 Å². The topological polar surface area (TPSA) is 84.5 Å². The maximum absolute atomic E-state index is 12.6. The van der Waals surface area contributed by atoms with Gasteiger partial charge in [0.15, 0.2) is 0 Å². The maximum Gasteiger partial charge on any atom is 0.413 e. The second-order valence-electron chi connectivity index (χ2n) is 6.51. The van der Waals surface area contributed by atoms with E-state index in [2.05, 4.69) is 15.4 Å². The highest BCUT2D eigenvalue weighted by Crippen LogP contribution is 2.38. The molecule has 0 saturated heterocycles. The molecule has 0 radical (unpaired) electrons. The fraction of sp³-hybridized carbons (Fsp3) is 0.350. The van der Waals surface area contributed by atoms with Crippen LogP contribution < -0.4 is 10.6 Å². The van der Waals surface area contributed by atoms with Gasteiger partial charge in [0.1, 0.15) is 5.00 Å². The van der Waals surface area contributed by atoms with Crippen molar-refractivity contribution < 1.29 is 19.1 Å². The molecule has 0 bridgehead atoms. The number of hydrogen-bond acceptors (Lipinski definition) is 6. The fourth-order valence-electron chi connectivity index (χ4n) is 3.05. The van der Waals surface area contributed by atoms with Crippen molar-refractivity contribution in [1.29, 1.82) is 0 Å². The number of carbonyl (C=O) groups excluding carboxylic acids is 3. The average Bonchev–Trinajstić information content (AvgIpc) is 3.05. The Hall–Kier alpha value is -2.32. The zero-order valence-electron chi connectivity index (χ0n) is 15.8. The molecule has 6 nitrogen and oxygen atoms in total. The predicted octanol–water partition coefficient (Wildman–Crippen LogP) is 4.16. The first-order chi connectivity index (χ1) is 13.5. The van der Waals surface area contributed by atoms with Gasteiger partial charge in [-0.1, -0.05) is 17.7 Å². The molecule has 3 amide bonds. The normalized spacial score (nSPS) is 12.8. The molecule has 1 aliphatic carbocycles. The van der Waals surface area contributed by atoms with E-state index in [-0.39, 0.29) is 11.7 Å². The smallest absolute Gasteiger partial charge is 0.413 e. The van der Waals surface area contributed by atoms with E-state index in [1.165, 1.54) is 35.8 Å². The summed E-state index contributed by atoms with van der Waals surface area (Å²) in [6.45, 7) is 2.01. The molecule has 0 spiro atoms. The summed E-state index contributed by atoms with van der Waals surface area (Å²) in [5, 5.41) is 5.58. The number of imide groups is 1. The van der Waals surface area contributed by atoms with Gasteiger partial charge in [-0.3, -0.25) is 14.9 Å². The monoisotopic (exact) mass is 418 g/mol. The number of methoxy groups -OCH3 is 1. The van der Waals surface area contributed by atoms with Crippen LogP contribution in [0, 0.1) is 6.92 Å². The highest BCUT2D eigenvalue weighted by Gasteiger charge is 2.27. The molecule has 1 aromatic carbocycles. The molecule has 8 heteroatoms. The number of ether oxygens (including phenoxy) is 1. The standard InChI is InChI=1S/C20H22N2O4S2/c1-12-7-9-13(10-8-12)27-11-16(23)21-19-17(18(24)22-20(25)26-2)14-5-3-4-6-15(14)28-19/h7-10H,3-6,11H2,1-2H3,(H,21,23)(H,22,24,25). The minimum Gasteiger partial charge on any atom is -0.453 e. The van der Waals surface area contributed by atoms with Crippen molar-refractivity contribution in [1.82, 2.24) is 5.32 Å². The highest BCUT2D eigenvalue weighted by molar-refractivity contribution is 8.00. The van der Waals surface area contributed by atoms with Crippen molar-refractivity contribution in [2.75, 3.05) is 18.2 Å². The summed E-state index contributed by atoms with van der Waals surface area (Å²) < 4.78 is 4.52. The van der Waals surface area contributed by atoms with Gasteiger partial charge in [0.2, 0.25) is 5.91 Å². The Morgan fingerprint density at radius 1 is 1.14 bits per heavy atom. The number of hydrogen-bond donors (Lipinski definition) is 2. The van der Waals surface area contributed by atoms with Gasteiger partial charge < -0.3 is 10.1 Å². The molecule has 0 aliphatic heterocycles. The zero-order valence-corrected chi connectivity index (χ0v) is 17.4. The molecule has 0 fully saturated rings. The number of alkyl carbamates (subject to hydrolysis) is 1. The second kappa shape index (κ2) is 9.25. The first kappa shape index (κ1) is 20.4. The molecule has 0 unspecified atom stereocenters. The first-order valence-electron chi connectivity index (χ1n) is 9.01. The van der Waals surface area contributed by atoms with Gasteiger partial charge in [-0.05, 0) is 50.3 Å². The summed E-state index contributed by atoms with van der Waals surface area (Å²) in [6, 6.07) is 7.96. The number of aryl methyl sites for hydroxylation is 2. The maximum atomic E-state index is 12.6. The van der Waals surface area contributed by atoms with Gasteiger partial charge >= 0.3 is 6.09 Å². The molecule has 28 heavy (non-hydrogen) atoms. The van der Waals surface area contributed by atoms with Gasteiger partial charge in [0.05, 0.1) is 18.4 Å². The van der Waals surface area contributed by atoms with E-state index in [4.69, 9.17) is 0 Å². The first-order valence-corrected chi connectivity index (χ1v) is 10.8. The molecule has 1 aliphatic rings. The number of rotatable bonds is 5. The van der Waals surface area contributed by atoms with Crippen molar-refractivity contribution in [3.8, 4) is 0 Å². The average molecular weight is 419 g/mol. The van der Waals surface area contributed by atoms with Crippen molar-refractivity contribution in [2.24, 2.45) is 0 Å². The van der Waals surface area contributed by atoms with Gasteiger partial charge in [-0.25, -0.2) is 4.79 Å². The van der Waals surface area contributed by atoms with E-state index < -0.39 is 12.0 Å². The second-order valence-corrected chi connectivity index (χ2v) is 8.66. The van der Waals surface area contributed by atoms with E-state index in [1.807, 2.05) is 31.2 Å². The van der Waals surface area contributed by atoms with Crippen LogP contribution in [0.3, 0.4) is 0 Å². The molecule has 2 aromatic rings. The van der Waals surface area contributed by atoms with Gasteiger partial charge in [0.25, 0.3) is 5.91 Å². The van der Waals surface area contributed by atoms with Crippen molar-refractivity contribution in [2.45, 2.75) is 37.5 Å². The quantitative estimate of drug-likeness (QED) is 0.712. The highest BCUT2D eigenvalue weighted by atomic mass is 32.2. The minimum atomic E-state index is -0.812. The van der Waals surface area contributed by atoms with Crippen molar-refractivity contribution in [3.63, 3.8) is 0 Å². The molecule has 1 aromatic heterocycles.